The minimum absolute atomic E-state index is 0.111. The van der Waals surface area contributed by atoms with Crippen LogP contribution in [0, 0.1) is 5.92 Å². The lowest BCUT2D eigenvalue weighted by molar-refractivity contribution is -0.120. The molecule has 0 unspecified atom stereocenters. The van der Waals surface area contributed by atoms with Gasteiger partial charge in [0, 0.05) is 32.2 Å². The fourth-order valence-electron chi connectivity index (χ4n) is 3.22. The lowest BCUT2D eigenvalue weighted by atomic mass is 9.88. The Kier molecular flexibility index (Phi) is 7.65. The van der Waals surface area contributed by atoms with Crippen molar-refractivity contribution in [1.29, 1.82) is 0 Å². The minimum atomic E-state index is -0.141. The second-order valence-electron chi connectivity index (χ2n) is 6.84. The maximum Gasteiger partial charge on any atom is 0.234 e. The van der Waals surface area contributed by atoms with E-state index in [0.717, 1.165) is 36.3 Å². The van der Waals surface area contributed by atoms with Gasteiger partial charge in [0.25, 0.3) is 0 Å². The fraction of sp³-hybridized carbons (Fsp3) is 0.333. The molecule has 7 heteroatoms. The molecule has 0 aliphatic heterocycles. The molecule has 1 saturated carbocycles. The van der Waals surface area contributed by atoms with Crippen LogP contribution in [-0.2, 0) is 9.59 Å². The number of benzene rings is 2. The molecule has 2 amide bonds. The highest BCUT2D eigenvalue weighted by molar-refractivity contribution is 8.00. The zero-order valence-electron chi connectivity index (χ0n) is 15.3. The van der Waals surface area contributed by atoms with Crippen LogP contribution in [0.4, 0.5) is 11.4 Å². The maximum atomic E-state index is 12.3. The molecule has 1 aliphatic carbocycles. The first kappa shape index (κ1) is 21.0. The highest BCUT2D eigenvalue weighted by Crippen LogP contribution is 2.26. The van der Waals surface area contributed by atoms with E-state index in [1.54, 1.807) is 18.2 Å². The zero-order chi connectivity index (χ0) is 19.9. The molecule has 0 spiro atoms. The fourth-order valence-corrected chi connectivity index (χ4v) is 4.44. The van der Waals surface area contributed by atoms with E-state index < -0.39 is 0 Å². The lowest BCUT2D eigenvalue weighted by Crippen LogP contribution is -2.24. The van der Waals surface area contributed by atoms with Crippen LogP contribution in [0.25, 0.3) is 0 Å². The summed E-state index contributed by atoms with van der Waals surface area (Å²) in [5.41, 5.74) is 1.36. The Morgan fingerprint density at radius 3 is 2.18 bits per heavy atom. The summed E-state index contributed by atoms with van der Waals surface area (Å²) in [6.07, 6.45) is 5.46. The third-order valence-electron chi connectivity index (χ3n) is 4.61. The van der Waals surface area contributed by atoms with Gasteiger partial charge in [-0.2, -0.15) is 0 Å². The van der Waals surface area contributed by atoms with Gasteiger partial charge in [0.15, 0.2) is 0 Å². The smallest absolute Gasteiger partial charge is 0.234 e. The third-order valence-corrected chi connectivity index (χ3v) is 6.06. The summed E-state index contributed by atoms with van der Waals surface area (Å²) in [5, 5.41) is 6.72. The molecule has 0 aromatic heterocycles. The summed E-state index contributed by atoms with van der Waals surface area (Å²) in [6.45, 7) is 0. The number of nitrogens with one attached hydrogen (secondary N) is 2. The average molecular weight is 437 g/mol. The Labute approximate surface area is 179 Å². The van der Waals surface area contributed by atoms with Crippen molar-refractivity contribution >= 4 is 58.2 Å². The van der Waals surface area contributed by atoms with E-state index >= 15 is 0 Å². The second kappa shape index (κ2) is 10.2. The van der Waals surface area contributed by atoms with Crippen LogP contribution >= 0.6 is 35.0 Å². The molecule has 148 valence electrons. The molecule has 0 radical (unpaired) electrons. The van der Waals surface area contributed by atoms with E-state index in [1.165, 1.54) is 18.2 Å². The summed E-state index contributed by atoms with van der Waals surface area (Å²) in [6, 6.07) is 12.5. The predicted octanol–water partition coefficient (Wildman–Crippen LogP) is 6.24. The molecule has 4 nitrogen and oxygen atoms in total. The van der Waals surface area contributed by atoms with Gasteiger partial charge in [-0.3, -0.25) is 9.59 Å². The van der Waals surface area contributed by atoms with Gasteiger partial charge >= 0.3 is 0 Å². The van der Waals surface area contributed by atoms with Crippen molar-refractivity contribution in [2.24, 2.45) is 5.92 Å². The Hall–Kier alpha value is -1.69. The van der Waals surface area contributed by atoms with Crippen LogP contribution in [0.5, 0.6) is 0 Å². The summed E-state index contributed by atoms with van der Waals surface area (Å²) in [5.74, 6) is 0.363. The highest BCUT2D eigenvalue weighted by atomic mass is 35.5. The van der Waals surface area contributed by atoms with Gasteiger partial charge in [0.05, 0.1) is 5.75 Å². The minimum Gasteiger partial charge on any atom is -0.326 e. The average Bonchev–Trinajstić information content (AvgIpc) is 2.67. The van der Waals surface area contributed by atoms with Crippen molar-refractivity contribution in [1.82, 2.24) is 0 Å². The molecule has 2 aromatic carbocycles. The molecule has 0 atom stereocenters. The van der Waals surface area contributed by atoms with Gasteiger partial charge < -0.3 is 10.6 Å². The Balaban J connectivity index is 1.47. The van der Waals surface area contributed by atoms with Crippen LogP contribution in [0.1, 0.15) is 32.1 Å². The lowest BCUT2D eigenvalue weighted by Gasteiger charge is -2.20. The van der Waals surface area contributed by atoms with E-state index in [0.29, 0.717) is 15.7 Å². The van der Waals surface area contributed by atoms with Crippen molar-refractivity contribution in [3.63, 3.8) is 0 Å². The Morgan fingerprint density at radius 2 is 1.54 bits per heavy atom. The molecule has 2 aromatic rings. The summed E-state index contributed by atoms with van der Waals surface area (Å²) in [4.78, 5) is 25.4. The topological polar surface area (TPSA) is 58.2 Å². The number of anilines is 2. The van der Waals surface area contributed by atoms with Gasteiger partial charge in [-0.25, -0.2) is 0 Å². The first-order valence-corrected chi connectivity index (χ1v) is 11.0. The normalized spacial score (nSPS) is 14.5. The second-order valence-corrected chi connectivity index (χ2v) is 8.77. The highest BCUT2D eigenvalue weighted by Gasteiger charge is 2.20. The Bertz CT molecular complexity index is 817. The van der Waals surface area contributed by atoms with Gasteiger partial charge in [-0.15, -0.1) is 11.8 Å². The maximum absolute atomic E-state index is 12.3. The van der Waals surface area contributed by atoms with Crippen molar-refractivity contribution in [3.8, 4) is 0 Å². The number of rotatable bonds is 6. The molecule has 3 rings (SSSR count). The Morgan fingerprint density at radius 1 is 0.893 bits per heavy atom. The molecule has 28 heavy (non-hydrogen) atoms. The van der Waals surface area contributed by atoms with Crippen LogP contribution < -0.4 is 10.6 Å². The van der Waals surface area contributed by atoms with E-state index in [-0.39, 0.29) is 23.5 Å². The molecule has 1 fully saturated rings. The number of thioether (sulfide) groups is 1. The third kappa shape index (κ3) is 6.43. The largest absolute Gasteiger partial charge is 0.326 e. The van der Waals surface area contributed by atoms with Gasteiger partial charge in [-0.05, 0) is 55.3 Å². The standard InChI is InChI=1S/C21H22Cl2N2O2S/c22-15-10-16(23)12-18(11-15)24-20(26)13-28-19-8-6-17(7-9-19)25-21(27)14-4-2-1-3-5-14/h6-12,14H,1-5,13H2,(H,24,26)(H,25,27). The van der Waals surface area contributed by atoms with Crippen molar-refractivity contribution in [3.05, 3.63) is 52.5 Å². The van der Waals surface area contributed by atoms with Gasteiger partial charge in [0.1, 0.15) is 0 Å². The number of hydrogen-bond acceptors (Lipinski definition) is 3. The van der Waals surface area contributed by atoms with E-state index in [9.17, 15) is 9.59 Å². The van der Waals surface area contributed by atoms with Gasteiger partial charge in [-0.1, -0.05) is 42.5 Å². The molecule has 0 heterocycles. The van der Waals surface area contributed by atoms with E-state index in [1.807, 2.05) is 24.3 Å². The first-order chi connectivity index (χ1) is 13.5. The quantitative estimate of drug-likeness (QED) is 0.526. The van der Waals surface area contributed by atoms with Crippen LogP contribution in [0.2, 0.25) is 10.0 Å². The van der Waals surface area contributed by atoms with Crippen molar-refractivity contribution in [2.75, 3.05) is 16.4 Å². The number of halogens is 2. The molecule has 2 N–H and O–H groups in total. The molecule has 0 saturated heterocycles. The number of carbonyl (C=O) groups is 2. The molecular weight excluding hydrogens is 415 g/mol. The number of carbonyl (C=O) groups excluding carboxylic acids is 2. The van der Waals surface area contributed by atoms with Gasteiger partial charge in [0.2, 0.25) is 11.8 Å². The summed E-state index contributed by atoms with van der Waals surface area (Å²) >= 11 is 13.3. The van der Waals surface area contributed by atoms with Crippen LogP contribution in [-0.4, -0.2) is 17.6 Å². The van der Waals surface area contributed by atoms with Crippen LogP contribution in [0.15, 0.2) is 47.4 Å². The summed E-state index contributed by atoms with van der Waals surface area (Å²) in [7, 11) is 0. The SMILES string of the molecule is O=C(CSc1ccc(NC(=O)C2CCCCC2)cc1)Nc1cc(Cl)cc(Cl)c1. The zero-order valence-corrected chi connectivity index (χ0v) is 17.7. The first-order valence-electron chi connectivity index (χ1n) is 9.29. The van der Waals surface area contributed by atoms with Crippen molar-refractivity contribution < 1.29 is 9.59 Å². The summed E-state index contributed by atoms with van der Waals surface area (Å²) < 4.78 is 0. The number of hydrogen-bond donors (Lipinski definition) is 2. The molecule has 1 aliphatic rings. The monoisotopic (exact) mass is 436 g/mol. The number of amides is 2. The van der Waals surface area contributed by atoms with Crippen molar-refractivity contribution in [2.45, 2.75) is 37.0 Å². The predicted molar refractivity (Wildman–Crippen MR) is 117 cm³/mol. The molecule has 0 bridgehead atoms. The van der Waals surface area contributed by atoms with E-state index in [4.69, 9.17) is 23.2 Å². The molecular formula is C21H22Cl2N2O2S. The van der Waals surface area contributed by atoms with E-state index in [2.05, 4.69) is 10.6 Å². The van der Waals surface area contributed by atoms with Crippen LogP contribution in [0.3, 0.4) is 0 Å².